The van der Waals surface area contributed by atoms with E-state index in [9.17, 15) is 4.79 Å². The number of aromatic nitrogens is 3. The summed E-state index contributed by atoms with van der Waals surface area (Å²) < 4.78 is 5.18. The van der Waals surface area contributed by atoms with Crippen molar-refractivity contribution in [3.63, 3.8) is 0 Å². The highest BCUT2D eigenvalue weighted by Crippen LogP contribution is 2.19. The standard InChI is InChI=1S/C12H14ClN5O2/c1-2-3-9-15-12(20-18-9)8-4-5-14-10(6-8)16-17-11(19)7-13/h4-6H,2-3,7H2,1H3,(H,14,16)(H,17,19). The van der Waals surface area contributed by atoms with E-state index in [2.05, 4.69) is 26.0 Å². The van der Waals surface area contributed by atoms with Gasteiger partial charge in [0.25, 0.3) is 11.8 Å². The summed E-state index contributed by atoms with van der Waals surface area (Å²) in [5.74, 6) is 1.07. The Morgan fingerprint density at radius 3 is 3.10 bits per heavy atom. The van der Waals surface area contributed by atoms with E-state index in [0.717, 1.165) is 18.4 Å². The number of nitrogens with one attached hydrogen (secondary N) is 2. The fourth-order valence-electron chi connectivity index (χ4n) is 1.50. The summed E-state index contributed by atoms with van der Waals surface area (Å²) in [5, 5.41) is 3.89. The third-order valence-corrected chi connectivity index (χ3v) is 2.64. The lowest BCUT2D eigenvalue weighted by atomic mass is 10.2. The van der Waals surface area contributed by atoms with Crippen LogP contribution in [0, 0.1) is 0 Å². The second-order valence-corrected chi connectivity index (χ2v) is 4.27. The molecular formula is C12H14ClN5O2. The molecule has 0 atom stereocenters. The van der Waals surface area contributed by atoms with Gasteiger partial charge in [-0.15, -0.1) is 11.6 Å². The topological polar surface area (TPSA) is 92.9 Å². The molecule has 0 bridgehead atoms. The van der Waals surface area contributed by atoms with Crippen LogP contribution in [0.5, 0.6) is 0 Å². The molecule has 1 amide bonds. The summed E-state index contributed by atoms with van der Waals surface area (Å²) in [4.78, 5) is 19.4. The predicted molar refractivity (Wildman–Crippen MR) is 74.0 cm³/mol. The quantitative estimate of drug-likeness (QED) is 0.623. The van der Waals surface area contributed by atoms with E-state index in [0.29, 0.717) is 17.5 Å². The first-order valence-electron chi connectivity index (χ1n) is 6.12. The molecule has 2 aromatic heterocycles. The minimum Gasteiger partial charge on any atom is -0.334 e. The summed E-state index contributed by atoms with van der Waals surface area (Å²) in [5.41, 5.74) is 5.78. The molecule has 2 rings (SSSR count). The van der Waals surface area contributed by atoms with E-state index in [1.807, 2.05) is 6.92 Å². The maximum atomic E-state index is 11.0. The number of hydrogen-bond donors (Lipinski definition) is 2. The van der Waals surface area contributed by atoms with E-state index in [4.69, 9.17) is 16.1 Å². The van der Waals surface area contributed by atoms with Crippen molar-refractivity contribution in [1.82, 2.24) is 20.6 Å². The molecule has 8 heteroatoms. The van der Waals surface area contributed by atoms with Crippen LogP contribution in [0.25, 0.3) is 11.5 Å². The Morgan fingerprint density at radius 2 is 2.35 bits per heavy atom. The molecule has 2 heterocycles. The summed E-state index contributed by atoms with van der Waals surface area (Å²) in [7, 11) is 0. The van der Waals surface area contributed by atoms with Gasteiger partial charge in [-0.1, -0.05) is 12.1 Å². The zero-order chi connectivity index (χ0) is 14.4. The minimum atomic E-state index is -0.345. The van der Waals surface area contributed by atoms with Crippen LogP contribution in [0.1, 0.15) is 19.2 Å². The number of amides is 1. The maximum absolute atomic E-state index is 11.0. The molecule has 0 radical (unpaired) electrons. The molecule has 0 aliphatic heterocycles. The lowest BCUT2D eigenvalue weighted by Gasteiger charge is -2.06. The number of halogens is 1. The van der Waals surface area contributed by atoms with Crippen LogP contribution in [0.4, 0.5) is 5.82 Å². The van der Waals surface area contributed by atoms with Crippen LogP contribution in [0.2, 0.25) is 0 Å². The van der Waals surface area contributed by atoms with Gasteiger partial charge in [0.1, 0.15) is 11.7 Å². The highest BCUT2D eigenvalue weighted by atomic mass is 35.5. The van der Waals surface area contributed by atoms with Gasteiger partial charge < -0.3 is 4.52 Å². The minimum absolute atomic E-state index is 0.128. The third kappa shape index (κ3) is 3.67. The average molecular weight is 296 g/mol. The number of pyridine rings is 1. The first-order chi connectivity index (χ1) is 9.72. The summed E-state index contributed by atoms with van der Waals surface area (Å²) >= 11 is 5.37. The Morgan fingerprint density at radius 1 is 1.50 bits per heavy atom. The van der Waals surface area contributed by atoms with E-state index in [1.165, 1.54) is 0 Å². The van der Waals surface area contributed by atoms with Gasteiger partial charge >= 0.3 is 0 Å². The number of alkyl halides is 1. The van der Waals surface area contributed by atoms with E-state index < -0.39 is 0 Å². The molecule has 7 nitrogen and oxygen atoms in total. The number of carbonyl (C=O) groups is 1. The lowest BCUT2D eigenvalue weighted by molar-refractivity contribution is -0.118. The second kappa shape index (κ2) is 6.85. The summed E-state index contributed by atoms with van der Waals surface area (Å²) in [6, 6.07) is 3.44. The molecular weight excluding hydrogens is 282 g/mol. The first-order valence-corrected chi connectivity index (χ1v) is 6.66. The Labute approximate surface area is 120 Å². The van der Waals surface area contributed by atoms with Crippen molar-refractivity contribution in [2.75, 3.05) is 11.3 Å². The van der Waals surface area contributed by atoms with Gasteiger partial charge in [0.05, 0.1) is 0 Å². The molecule has 0 fully saturated rings. The molecule has 0 saturated heterocycles. The van der Waals surface area contributed by atoms with Crippen LogP contribution >= 0.6 is 11.6 Å². The molecule has 20 heavy (non-hydrogen) atoms. The molecule has 0 spiro atoms. The van der Waals surface area contributed by atoms with Crippen LogP contribution in [0.15, 0.2) is 22.9 Å². The van der Waals surface area contributed by atoms with Gasteiger partial charge in [0.2, 0.25) is 0 Å². The van der Waals surface area contributed by atoms with Gasteiger partial charge in [-0.25, -0.2) is 4.98 Å². The van der Waals surface area contributed by atoms with Gasteiger partial charge in [-0.2, -0.15) is 4.98 Å². The molecule has 0 aliphatic rings. The van der Waals surface area contributed by atoms with E-state index >= 15 is 0 Å². The van der Waals surface area contributed by atoms with Crippen LogP contribution < -0.4 is 10.9 Å². The highest BCUT2D eigenvalue weighted by molar-refractivity contribution is 6.27. The zero-order valence-electron chi connectivity index (χ0n) is 10.9. The maximum Gasteiger partial charge on any atom is 0.258 e. The molecule has 106 valence electrons. The lowest BCUT2D eigenvalue weighted by Crippen LogP contribution is -2.30. The monoisotopic (exact) mass is 295 g/mol. The fourth-order valence-corrected chi connectivity index (χ4v) is 1.56. The highest BCUT2D eigenvalue weighted by Gasteiger charge is 2.09. The smallest absolute Gasteiger partial charge is 0.258 e. The van der Waals surface area contributed by atoms with Gasteiger partial charge in [0.15, 0.2) is 5.82 Å². The number of hydrazine groups is 1. The Kier molecular flexibility index (Phi) is 4.89. The molecule has 0 unspecified atom stereocenters. The van der Waals surface area contributed by atoms with Crippen LogP contribution in [-0.2, 0) is 11.2 Å². The largest absolute Gasteiger partial charge is 0.334 e. The predicted octanol–water partition coefficient (Wildman–Crippen LogP) is 1.77. The summed E-state index contributed by atoms with van der Waals surface area (Å²) in [6.07, 6.45) is 3.30. The van der Waals surface area contributed by atoms with Crippen molar-refractivity contribution in [2.45, 2.75) is 19.8 Å². The second-order valence-electron chi connectivity index (χ2n) is 4.00. The third-order valence-electron chi connectivity index (χ3n) is 2.40. The number of nitrogens with zero attached hydrogens (tertiary/aromatic N) is 3. The molecule has 0 saturated carbocycles. The Hall–Kier alpha value is -2.15. The van der Waals surface area contributed by atoms with Crippen molar-refractivity contribution < 1.29 is 9.32 Å². The summed E-state index contributed by atoms with van der Waals surface area (Å²) in [6.45, 7) is 2.05. The Bertz CT molecular complexity index is 587. The number of aryl methyl sites for hydroxylation is 1. The van der Waals surface area contributed by atoms with Crippen LogP contribution in [0.3, 0.4) is 0 Å². The van der Waals surface area contributed by atoms with E-state index in [1.54, 1.807) is 18.3 Å². The SMILES string of the molecule is CCCc1noc(-c2ccnc(NNC(=O)CCl)c2)n1. The fraction of sp³-hybridized carbons (Fsp3) is 0.333. The molecule has 2 aromatic rings. The Balaban J connectivity index is 2.10. The number of rotatable bonds is 6. The van der Waals surface area contributed by atoms with Crippen LogP contribution in [-0.4, -0.2) is 26.9 Å². The van der Waals surface area contributed by atoms with Crippen molar-refractivity contribution in [2.24, 2.45) is 0 Å². The average Bonchev–Trinajstić information content (AvgIpc) is 2.94. The van der Waals surface area contributed by atoms with Crippen molar-refractivity contribution in [3.8, 4) is 11.5 Å². The van der Waals surface area contributed by atoms with Gasteiger partial charge in [0, 0.05) is 18.2 Å². The van der Waals surface area contributed by atoms with Gasteiger partial charge in [-0.05, 0) is 18.6 Å². The first kappa shape index (κ1) is 14.3. The zero-order valence-corrected chi connectivity index (χ0v) is 11.6. The number of anilines is 1. The van der Waals surface area contributed by atoms with Crippen molar-refractivity contribution in [1.29, 1.82) is 0 Å². The molecule has 0 aromatic carbocycles. The number of hydrogen-bond acceptors (Lipinski definition) is 6. The van der Waals surface area contributed by atoms with Crippen molar-refractivity contribution >= 4 is 23.3 Å². The number of carbonyl (C=O) groups excluding carboxylic acids is 1. The normalized spacial score (nSPS) is 10.3. The van der Waals surface area contributed by atoms with Gasteiger partial charge in [-0.3, -0.25) is 15.6 Å². The van der Waals surface area contributed by atoms with Crippen molar-refractivity contribution in [3.05, 3.63) is 24.2 Å². The molecule has 2 N–H and O–H groups in total. The molecule has 0 aliphatic carbocycles. The van der Waals surface area contributed by atoms with E-state index in [-0.39, 0.29) is 11.8 Å².